The van der Waals surface area contributed by atoms with E-state index in [9.17, 15) is 4.79 Å². The van der Waals surface area contributed by atoms with Gasteiger partial charge in [-0.2, -0.15) is 0 Å². The van der Waals surface area contributed by atoms with E-state index < -0.39 is 0 Å². The molecule has 4 nitrogen and oxygen atoms in total. The summed E-state index contributed by atoms with van der Waals surface area (Å²) in [5.74, 6) is -0.386. The first kappa shape index (κ1) is 14.8. The summed E-state index contributed by atoms with van der Waals surface area (Å²) < 4.78 is 5.40. The van der Waals surface area contributed by atoms with Crippen molar-refractivity contribution in [2.75, 3.05) is 26.3 Å². The van der Waals surface area contributed by atoms with Gasteiger partial charge >= 0.3 is 0 Å². The predicted molar refractivity (Wildman–Crippen MR) is 86.5 cm³/mol. The number of rotatable bonds is 4. The molecule has 2 aromatic carbocycles. The van der Waals surface area contributed by atoms with Crippen LogP contribution in [0.25, 0.3) is 11.1 Å². The zero-order chi connectivity index (χ0) is 15.4. The smallest absolute Gasteiger partial charge is 0.249 e. The molecule has 0 spiro atoms. The maximum absolute atomic E-state index is 11.8. The van der Waals surface area contributed by atoms with E-state index in [-0.39, 0.29) is 5.91 Å². The third-order valence-corrected chi connectivity index (χ3v) is 3.98. The zero-order valence-corrected chi connectivity index (χ0v) is 12.5. The molecule has 0 aliphatic carbocycles. The summed E-state index contributed by atoms with van der Waals surface area (Å²) in [6.45, 7) is 4.14. The van der Waals surface area contributed by atoms with Gasteiger partial charge in [0, 0.05) is 25.2 Å². The standard InChI is InChI=1S/C18H20N2O2/c19-18(21)16-8-4-7-15(13-20-9-11-22-12-10-20)17(16)14-5-2-1-3-6-14/h1-8H,9-13H2,(H2,19,21). The molecule has 1 aliphatic heterocycles. The molecule has 4 heteroatoms. The number of carbonyl (C=O) groups excluding carboxylic acids is 1. The zero-order valence-electron chi connectivity index (χ0n) is 12.5. The Morgan fingerprint density at radius 1 is 1.05 bits per heavy atom. The lowest BCUT2D eigenvalue weighted by atomic mass is 9.93. The van der Waals surface area contributed by atoms with Crippen LogP contribution in [-0.4, -0.2) is 37.1 Å². The predicted octanol–water partition coefficient (Wildman–Crippen LogP) is 2.28. The fraction of sp³-hybridized carbons (Fsp3) is 0.278. The molecule has 0 aromatic heterocycles. The minimum atomic E-state index is -0.386. The summed E-state index contributed by atoms with van der Waals surface area (Å²) in [7, 11) is 0. The third kappa shape index (κ3) is 3.18. The molecule has 0 atom stereocenters. The number of morpholine rings is 1. The van der Waals surface area contributed by atoms with Gasteiger partial charge in [-0.15, -0.1) is 0 Å². The van der Waals surface area contributed by atoms with Crippen molar-refractivity contribution >= 4 is 5.91 Å². The van der Waals surface area contributed by atoms with Crippen molar-refractivity contribution in [3.8, 4) is 11.1 Å². The first-order chi connectivity index (χ1) is 10.8. The van der Waals surface area contributed by atoms with E-state index in [1.54, 1.807) is 6.07 Å². The Kier molecular flexibility index (Phi) is 4.51. The van der Waals surface area contributed by atoms with Crippen LogP contribution in [0.1, 0.15) is 15.9 Å². The van der Waals surface area contributed by atoms with Crippen molar-refractivity contribution in [1.29, 1.82) is 0 Å². The number of hydrogen-bond donors (Lipinski definition) is 1. The Bertz CT molecular complexity index is 649. The lowest BCUT2D eigenvalue weighted by Gasteiger charge is -2.27. The number of hydrogen-bond acceptors (Lipinski definition) is 3. The Balaban J connectivity index is 2.01. The normalized spacial score (nSPS) is 15.6. The van der Waals surface area contributed by atoms with E-state index >= 15 is 0 Å². The van der Waals surface area contributed by atoms with Crippen molar-refractivity contribution in [1.82, 2.24) is 4.90 Å². The molecule has 0 bridgehead atoms. The molecule has 0 unspecified atom stereocenters. The van der Waals surface area contributed by atoms with Gasteiger partial charge in [-0.25, -0.2) is 0 Å². The fourth-order valence-electron chi connectivity index (χ4n) is 2.88. The Morgan fingerprint density at radius 3 is 2.45 bits per heavy atom. The molecule has 1 saturated heterocycles. The molecule has 1 heterocycles. The van der Waals surface area contributed by atoms with E-state index in [1.807, 2.05) is 36.4 Å². The van der Waals surface area contributed by atoms with Gasteiger partial charge < -0.3 is 10.5 Å². The summed E-state index contributed by atoms with van der Waals surface area (Å²) in [6.07, 6.45) is 0. The molecular weight excluding hydrogens is 276 g/mol. The molecule has 22 heavy (non-hydrogen) atoms. The molecule has 1 fully saturated rings. The van der Waals surface area contributed by atoms with Gasteiger partial charge in [0.2, 0.25) is 5.91 Å². The first-order valence-corrected chi connectivity index (χ1v) is 7.53. The van der Waals surface area contributed by atoms with E-state index in [0.29, 0.717) is 5.56 Å². The SMILES string of the molecule is NC(=O)c1cccc(CN2CCOCC2)c1-c1ccccc1. The Labute approximate surface area is 130 Å². The quantitative estimate of drug-likeness (QED) is 0.941. The first-order valence-electron chi connectivity index (χ1n) is 7.53. The van der Waals surface area contributed by atoms with Gasteiger partial charge in [0.25, 0.3) is 0 Å². The van der Waals surface area contributed by atoms with Crippen LogP contribution < -0.4 is 5.73 Å². The van der Waals surface area contributed by atoms with Crippen LogP contribution in [0, 0.1) is 0 Å². The molecule has 0 saturated carbocycles. The third-order valence-electron chi connectivity index (χ3n) is 3.98. The Hall–Kier alpha value is -2.17. The van der Waals surface area contributed by atoms with Gasteiger partial charge in [-0.05, 0) is 22.8 Å². The van der Waals surface area contributed by atoms with Crippen molar-refractivity contribution in [2.45, 2.75) is 6.54 Å². The van der Waals surface area contributed by atoms with Crippen LogP contribution in [-0.2, 0) is 11.3 Å². The second kappa shape index (κ2) is 6.73. The minimum Gasteiger partial charge on any atom is -0.379 e. The highest BCUT2D eigenvalue weighted by atomic mass is 16.5. The van der Waals surface area contributed by atoms with Crippen LogP contribution in [0.4, 0.5) is 0 Å². The fourth-order valence-corrected chi connectivity index (χ4v) is 2.88. The number of amides is 1. The molecule has 2 aromatic rings. The van der Waals surface area contributed by atoms with Gasteiger partial charge in [-0.1, -0.05) is 42.5 Å². The van der Waals surface area contributed by atoms with E-state index in [1.165, 1.54) is 0 Å². The lowest BCUT2D eigenvalue weighted by Crippen LogP contribution is -2.35. The lowest BCUT2D eigenvalue weighted by molar-refractivity contribution is 0.0342. The van der Waals surface area contributed by atoms with Crippen LogP contribution in [0.3, 0.4) is 0 Å². The molecule has 3 rings (SSSR count). The maximum Gasteiger partial charge on any atom is 0.249 e. The summed E-state index contributed by atoms with van der Waals surface area (Å²) in [5, 5.41) is 0. The number of nitrogens with two attached hydrogens (primary N) is 1. The molecule has 1 amide bonds. The van der Waals surface area contributed by atoms with Gasteiger partial charge in [0.1, 0.15) is 0 Å². The highest BCUT2D eigenvalue weighted by molar-refractivity contribution is 6.00. The molecule has 2 N–H and O–H groups in total. The van der Waals surface area contributed by atoms with Gasteiger partial charge in [-0.3, -0.25) is 9.69 Å². The number of primary amides is 1. The van der Waals surface area contributed by atoms with Crippen LogP contribution >= 0.6 is 0 Å². The van der Waals surface area contributed by atoms with E-state index in [2.05, 4.69) is 11.0 Å². The minimum absolute atomic E-state index is 0.386. The average molecular weight is 296 g/mol. The summed E-state index contributed by atoms with van der Waals surface area (Å²) in [5.41, 5.74) is 9.27. The van der Waals surface area contributed by atoms with Gasteiger partial charge in [0.05, 0.1) is 13.2 Å². The number of nitrogens with zero attached hydrogens (tertiary/aromatic N) is 1. The van der Waals surface area contributed by atoms with E-state index in [4.69, 9.17) is 10.5 Å². The van der Waals surface area contributed by atoms with Crippen LogP contribution in [0.5, 0.6) is 0 Å². The largest absolute Gasteiger partial charge is 0.379 e. The summed E-state index contributed by atoms with van der Waals surface area (Å²) in [4.78, 5) is 14.2. The highest BCUT2D eigenvalue weighted by Gasteiger charge is 2.17. The second-order valence-electron chi connectivity index (χ2n) is 5.46. The summed E-state index contributed by atoms with van der Waals surface area (Å²) >= 11 is 0. The summed E-state index contributed by atoms with van der Waals surface area (Å²) in [6, 6.07) is 15.7. The number of carbonyl (C=O) groups is 1. The maximum atomic E-state index is 11.8. The van der Waals surface area contributed by atoms with E-state index in [0.717, 1.165) is 49.5 Å². The molecule has 114 valence electrons. The van der Waals surface area contributed by atoms with Crippen LogP contribution in [0.2, 0.25) is 0 Å². The topological polar surface area (TPSA) is 55.6 Å². The molecular formula is C18H20N2O2. The van der Waals surface area contributed by atoms with Crippen molar-refractivity contribution in [3.63, 3.8) is 0 Å². The average Bonchev–Trinajstić information content (AvgIpc) is 2.56. The van der Waals surface area contributed by atoms with Crippen molar-refractivity contribution in [3.05, 3.63) is 59.7 Å². The molecule has 0 radical (unpaired) electrons. The number of benzene rings is 2. The van der Waals surface area contributed by atoms with Gasteiger partial charge in [0.15, 0.2) is 0 Å². The number of ether oxygens (including phenoxy) is 1. The second-order valence-corrected chi connectivity index (χ2v) is 5.46. The Morgan fingerprint density at radius 2 is 1.77 bits per heavy atom. The van der Waals surface area contributed by atoms with Crippen molar-refractivity contribution < 1.29 is 9.53 Å². The van der Waals surface area contributed by atoms with Crippen LogP contribution in [0.15, 0.2) is 48.5 Å². The monoisotopic (exact) mass is 296 g/mol. The van der Waals surface area contributed by atoms with Crippen molar-refractivity contribution in [2.24, 2.45) is 5.73 Å². The highest BCUT2D eigenvalue weighted by Crippen LogP contribution is 2.28. The molecule has 1 aliphatic rings.